The molecule has 0 unspecified atom stereocenters. The van der Waals surface area contributed by atoms with Crippen molar-refractivity contribution in [3.8, 4) is 0 Å². The third-order valence-corrected chi connectivity index (χ3v) is 6.73. The van der Waals surface area contributed by atoms with Gasteiger partial charge in [0.15, 0.2) is 4.80 Å². The van der Waals surface area contributed by atoms with Crippen molar-refractivity contribution in [3.63, 3.8) is 0 Å². The lowest BCUT2D eigenvalue weighted by Gasteiger charge is -2.10. The second-order valence-electron chi connectivity index (χ2n) is 7.79. The van der Waals surface area contributed by atoms with Crippen molar-refractivity contribution in [2.24, 2.45) is 10.7 Å². The summed E-state index contributed by atoms with van der Waals surface area (Å²) in [7, 11) is 0. The topological polar surface area (TPSA) is 72.4 Å². The average molecular weight is 479 g/mol. The summed E-state index contributed by atoms with van der Waals surface area (Å²) < 4.78 is 2.02. The largest absolute Gasteiger partial charge is 0.347 e. The molecule has 0 aliphatic heterocycles. The SMILES string of the molecule is NCCCCCn1c(C(=O)NCc2ccccc2Cl)csc1=Nc1cccc2ccccc12. The zero-order chi connectivity index (χ0) is 23.0. The van der Waals surface area contributed by atoms with E-state index in [1.807, 2.05) is 58.5 Å². The maximum Gasteiger partial charge on any atom is 0.269 e. The number of carbonyl (C=O) groups excluding carboxylic acids is 1. The highest BCUT2D eigenvalue weighted by Gasteiger charge is 2.14. The Hall–Kier alpha value is -2.93. The van der Waals surface area contributed by atoms with Gasteiger partial charge in [-0.2, -0.15) is 0 Å². The lowest BCUT2D eigenvalue weighted by Crippen LogP contribution is -2.28. The van der Waals surface area contributed by atoms with Crippen LogP contribution in [0.2, 0.25) is 5.02 Å². The van der Waals surface area contributed by atoms with E-state index in [-0.39, 0.29) is 5.91 Å². The molecule has 3 aromatic carbocycles. The van der Waals surface area contributed by atoms with Gasteiger partial charge in [-0.1, -0.05) is 72.6 Å². The lowest BCUT2D eigenvalue weighted by atomic mass is 10.1. The van der Waals surface area contributed by atoms with Crippen LogP contribution >= 0.6 is 22.9 Å². The number of thiazole rings is 1. The Balaban J connectivity index is 1.65. The number of halogens is 1. The molecule has 5 nitrogen and oxygen atoms in total. The van der Waals surface area contributed by atoms with Gasteiger partial charge in [-0.15, -0.1) is 11.3 Å². The fraction of sp³-hybridized carbons (Fsp3) is 0.231. The molecule has 0 fully saturated rings. The highest BCUT2D eigenvalue weighted by Crippen LogP contribution is 2.25. The van der Waals surface area contributed by atoms with Crippen LogP contribution in [0.15, 0.2) is 77.1 Å². The first kappa shape index (κ1) is 23.2. The Morgan fingerprint density at radius 2 is 1.79 bits per heavy atom. The minimum Gasteiger partial charge on any atom is -0.347 e. The van der Waals surface area contributed by atoms with Crippen LogP contribution in [0, 0.1) is 0 Å². The molecule has 0 atom stereocenters. The number of nitrogens with two attached hydrogens (primary N) is 1. The van der Waals surface area contributed by atoms with Gasteiger partial charge in [0.25, 0.3) is 5.91 Å². The third-order valence-electron chi connectivity index (χ3n) is 5.50. The van der Waals surface area contributed by atoms with E-state index in [0.717, 1.165) is 46.1 Å². The zero-order valence-electron chi connectivity index (χ0n) is 18.3. The summed E-state index contributed by atoms with van der Waals surface area (Å²) in [6.45, 7) is 1.76. The predicted molar refractivity (Wildman–Crippen MR) is 137 cm³/mol. The monoisotopic (exact) mass is 478 g/mol. The van der Waals surface area contributed by atoms with Crippen LogP contribution in [-0.4, -0.2) is 17.0 Å². The normalized spacial score (nSPS) is 11.8. The summed E-state index contributed by atoms with van der Waals surface area (Å²) in [5.74, 6) is -0.135. The average Bonchev–Trinajstić information content (AvgIpc) is 3.24. The molecule has 7 heteroatoms. The van der Waals surface area contributed by atoms with Crippen molar-refractivity contribution in [2.45, 2.75) is 32.4 Å². The Labute approximate surface area is 202 Å². The van der Waals surface area contributed by atoms with Crippen molar-refractivity contribution in [1.82, 2.24) is 9.88 Å². The van der Waals surface area contributed by atoms with Crippen LogP contribution in [0.4, 0.5) is 5.69 Å². The molecule has 0 bridgehead atoms. The van der Waals surface area contributed by atoms with Crippen LogP contribution in [0.3, 0.4) is 0 Å². The van der Waals surface area contributed by atoms with Gasteiger partial charge in [0.1, 0.15) is 5.69 Å². The molecule has 3 N–H and O–H groups in total. The van der Waals surface area contributed by atoms with E-state index in [4.69, 9.17) is 22.3 Å². The fourth-order valence-corrected chi connectivity index (χ4v) is 4.85. The number of amides is 1. The fourth-order valence-electron chi connectivity index (χ4n) is 3.73. The highest BCUT2D eigenvalue weighted by molar-refractivity contribution is 7.07. The van der Waals surface area contributed by atoms with Crippen LogP contribution in [0.5, 0.6) is 0 Å². The molecule has 0 radical (unpaired) electrons. The first-order valence-corrected chi connectivity index (χ1v) is 12.4. The van der Waals surface area contributed by atoms with Crippen LogP contribution in [0.25, 0.3) is 10.8 Å². The van der Waals surface area contributed by atoms with Crippen LogP contribution < -0.4 is 15.9 Å². The second-order valence-corrected chi connectivity index (χ2v) is 9.03. The number of aromatic nitrogens is 1. The number of hydrogen-bond donors (Lipinski definition) is 2. The molecule has 170 valence electrons. The number of rotatable bonds is 9. The van der Waals surface area contributed by atoms with Crippen molar-refractivity contribution in [3.05, 3.63) is 93.2 Å². The quantitative estimate of drug-likeness (QED) is 0.305. The lowest BCUT2D eigenvalue weighted by molar-refractivity contribution is 0.0941. The van der Waals surface area contributed by atoms with Gasteiger partial charge < -0.3 is 15.6 Å². The summed E-state index contributed by atoms with van der Waals surface area (Å²) in [6, 6.07) is 21.8. The molecule has 0 spiro atoms. The molecule has 1 amide bonds. The molecular weight excluding hydrogens is 452 g/mol. The molecule has 0 aliphatic carbocycles. The Morgan fingerprint density at radius 1 is 1.00 bits per heavy atom. The maximum atomic E-state index is 13.1. The molecule has 1 heterocycles. The van der Waals surface area contributed by atoms with Gasteiger partial charge in [-0.25, -0.2) is 4.99 Å². The van der Waals surface area contributed by atoms with E-state index >= 15 is 0 Å². The molecule has 4 rings (SSSR count). The molecule has 1 aromatic heterocycles. The standard InChI is InChI=1S/C26H27ClN4OS/c27-22-13-5-3-10-20(22)17-29-25(32)24-18-33-26(31(24)16-7-1-6-15-28)30-23-14-8-11-19-9-2-4-12-21(19)23/h2-5,8-14,18H,1,6-7,15-17,28H2,(H,29,32). The number of hydrogen-bond acceptors (Lipinski definition) is 4. The van der Waals surface area contributed by atoms with E-state index in [9.17, 15) is 4.79 Å². The van der Waals surface area contributed by atoms with Gasteiger partial charge >= 0.3 is 0 Å². The highest BCUT2D eigenvalue weighted by atomic mass is 35.5. The van der Waals surface area contributed by atoms with Crippen molar-refractivity contribution in [2.75, 3.05) is 6.54 Å². The summed E-state index contributed by atoms with van der Waals surface area (Å²) in [5.41, 5.74) is 8.05. The van der Waals surface area contributed by atoms with Gasteiger partial charge in [0.05, 0.1) is 5.69 Å². The third kappa shape index (κ3) is 5.71. The Bertz CT molecular complexity index is 1310. The molecule has 4 aromatic rings. The second kappa shape index (κ2) is 11.3. The number of carbonyl (C=O) groups is 1. The minimum atomic E-state index is -0.135. The summed E-state index contributed by atoms with van der Waals surface area (Å²) in [4.78, 5) is 18.9. The molecular formula is C26H27ClN4OS. The predicted octanol–water partition coefficient (Wildman–Crippen LogP) is 5.65. The van der Waals surface area contributed by atoms with Gasteiger partial charge in [0.2, 0.25) is 0 Å². The molecule has 0 aliphatic rings. The minimum absolute atomic E-state index is 0.135. The summed E-state index contributed by atoms with van der Waals surface area (Å²) >= 11 is 7.73. The number of fused-ring (bicyclic) bond motifs is 1. The first-order chi connectivity index (χ1) is 16.2. The van der Waals surface area contributed by atoms with E-state index in [1.165, 1.54) is 11.3 Å². The Morgan fingerprint density at radius 3 is 2.64 bits per heavy atom. The number of unbranched alkanes of at least 4 members (excludes halogenated alkanes) is 2. The number of benzene rings is 3. The maximum absolute atomic E-state index is 13.1. The summed E-state index contributed by atoms with van der Waals surface area (Å²) in [5, 5.41) is 7.76. The van der Waals surface area contributed by atoms with Crippen molar-refractivity contribution < 1.29 is 4.79 Å². The number of nitrogens with one attached hydrogen (secondary N) is 1. The van der Waals surface area contributed by atoms with Crippen molar-refractivity contribution in [1.29, 1.82) is 0 Å². The van der Waals surface area contributed by atoms with E-state index in [1.54, 1.807) is 0 Å². The Kier molecular flexibility index (Phi) is 7.94. The first-order valence-electron chi connectivity index (χ1n) is 11.1. The van der Waals surface area contributed by atoms with Crippen LogP contribution in [-0.2, 0) is 13.1 Å². The molecule has 33 heavy (non-hydrogen) atoms. The van der Waals surface area contributed by atoms with E-state index in [0.29, 0.717) is 30.4 Å². The van der Waals surface area contributed by atoms with Gasteiger partial charge in [-0.05, 0) is 42.5 Å². The van der Waals surface area contributed by atoms with Crippen molar-refractivity contribution >= 4 is 45.3 Å². The molecule has 0 saturated carbocycles. The molecule has 0 saturated heterocycles. The van der Waals surface area contributed by atoms with E-state index < -0.39 is 0 Å². The van der Waals surface area contributed by atoms with Gasteiger partial charge in [0, 0.05) is 28.9 Å². The van der Waals surface area contributed by atoms with Gasteiger partial charge in [-0.3, -0.25) is 4.79 Å². The summed E-state index contributed by atoms with van der Waals surface area (Å²) in [6.07, 6.45) is 2.91. The van der Waals surface area contributed by atoms with Crippen LogP contribution in [0.1, 0.15) is 35.3 Å². The zero-order valence-corrected chi connectivity index (χ0v) is 19.9. The number of nitrogens with zero attached hydrogens (tertiary/aromatic N) is 2. The smallest absolute Gasteiger partial charge is 0.269 e. The van der Waals surface area contributed by atoms with E-state index in [2.05, 4.69) is 23.5 Å².